The SMILES string of the molecule is c1cc(-c2ccc3oc4ccccc4c3c2)cc(N(c2ccc(-c3cccc4ccccc34)cc2)c2cccc3sc4ccccc4c23)c1. The van der Waals surface area contributed by atoms with Crippen LogP contribution in [0.25, 0.3) is 75.1 Å². The third-order valence-corrected chi connectivity index (χ3v) is 10.8. The third kappa shape index (κ3) is 4.62. The number of fused-ring (bicyclic) bond motifs is 7. The Hall–Kier alpha value is -6.16. The summed E-state index contributed by atoms with van der Waals surface area (Å²) in [7, 11) is 0. The lowest BCUT2D eigenvalue weighted by Gasteiger charge is -2.27. The highest BCUT2D eigenvalue weighted by Crippen LogP contribution is 2.46. The van der Waals surface area contributed by atoms with Crippen LogP contribution in [0, 0.1) is 0 Å². The Morgan fingerprint density at radius 2 is 1.08 bits per heavy atom. The van der Waals surface area contributed by atoms with Crippen LogP contribution in [-0.2, 0) is 0 Å². The van der Waals surface area contributed by atoms with E-state index in [4.69, 9.17) is 4.42 Å². The molecule has 0 saturated carbocycles. The van der Waals surface area contributed by atoms with Crippen LogP contribution in [0.4, 0.5) is 17.1 Å². The van der Waals surface area contributed by atoms with E-state index in [2.05, 4.69) is 169 Å². The second kappa shape index (κ2) is 11.2. The van der Waals surface area contributed by atoms with E-state index in [1.54, 1.807) is 0 Å². The molecule has 0 saturated heterocycles. The molecular formula is C46H29NOS. The monoisotopic (exact) mass is 643 g/mol. The average molecular weight is 644 g/mol. The van der Waals surface area contributed by atoms with Crippen molar-refractivity contribution >= 4 is 81.3 Å². The normalized spacial score (nSPS) is 11.7. The van der Waals surface area contributed by atoms with Crippen molar-refractivity contribution in [3.8, 4) is 22.3 Å². The predicted octanol–water partition coefficient (Wildman–Crippen LogP) is 13.9. The molecule has 0 fully saturated rings. The molecule has 10 aromatic rings. The van der Waals surface area contributed by atoms with Crippen LogP contribution in [0.1, 0.15) is 0 Å². The lowest BCUT2D eigenvalue weighted by molar-refractivity contribution is 0.669. The fraction of sp³-hybridized carbons (Fsp3) is 0. The zero-order valence-electron chi connectivity index (χ0n) is 26.5. The molecule has 0 N–H and O–H groups in total. The maximum Gasteiger partial charge on any atom is 0.135 e. The van der Waals surface area contributed by atoms with Gasteiger partial charge in [-0.15, -0.1) is 11.3 Å². The summed E-state index contributed by atoms with van der Waals surface area (Å²) >= 11 is 1.85. The first-order valence-corrected chi connectivity index (χ1v) is 17.4. The molecule has 0 amide bonds. The molecule has 0 bridgehead atoms. The number of furan rings is 1. The first-order valence-electron chi connectivity index (χ1n) is 16.6. The Morgan fingerprint density at radius 1 is 0.408 bits per heavy atom. The maximum absolute atomic E-state index is 6.15. The van der Waals surface area contributed by atoms with E-state index >= 15 is 0 Å². The molecule has 2 aromatic heterocycles. The van der Waals surface area contributed by atoms with Gasteiger partial charge in [0.2, 0.25) is 0 Å². The highest BCUT2D eigenvalue weighted by Gasteiger charge is 2.19. The molecule has 10 rings (SSSR count). The van der Waals surface area contributed by atoms with Crippen molar-refractivity contribution in [3.63, 3.8) is 0 Å². The van der Waals surface area contributed by atoms with Gasteiger partial charge >= 0.3 is 0 Å². The molecule has 0 unspecified atom stereocenters. The zero-order valence-corrected chi connectivity index (χ0v) is 27.3. The summed E-state index contributed by atoms with van der Waals surface area (Å²) in [5, 5.41) is 7.34. The van der Waals surface area contributed by atoms with E-state index < -0.39 is 0 Å². The molecule has 2 nitrogen and oxygen atoms in total. The zero-order chi connectivity index (χ0) is 32.3. The quantitative estimate of drug-likeness (QED) is 0.186. The number of rotatable bonds is 5. The number of anilines is 3. The molecule has 49 heavy (non-hydrogen) atoms. The van der Waals surface area contributed by atoms with Crippen molar-refractivity contribution in [2.75, 3.05) is 4.90 Å². The molecule has 0 aliphatic rings. The van der Waals surface area contributed by atoms with E-state index in [1.165, 1.54) is 47.8 Å². The summed E-state index contributed by atoms with van der Waals surface area (Å²) in [6.07, 6.45) is 0. The summed E-state index contributed by atoms with van der Waals surface area (Å²) < 4.78 is 8.73. The van der Waals surface area contributed by atoms with Gasteiger partial charge in [0.15, 0.2) is 0 Å². The molecule has 0 aliphatic heterocycles. The number of hydrogen-bond acceptors (Lipinski definition) is 3. The minimum absolute atomic E-state index is 0.907. The van der Waals surface area contributed by atoms with Gasteiger partial charge in [0, 0.05) is 42.3 Å². The minimum Gasteiger partial charge on any atom is -0.456 e. The highest BCUT2D eigenvalue weighted by molar-refractivity contribution is 7.26. The Balaban J connectivity index is 1.15. The smallest absolute Gasteiger partial charge is 0.135 e. The second-order valence-corrected chi connectivity index (χ2v) is 13.6. The van der Waals surface area contributed by atoms with Crippen molar-refractivity contribution in [1.82, 2.24) is 0 Å². The number of thiophene rings is 1. The van der Waals surface area contributed by atoms with Crippen LogP contribution in [0.5, 0.6) is 0 Å². The van der Waals surface area contributed by atoms with Gasteiger partial charge in [-0.3, -0.25) is 0 Å². The fourth-order valence-corrected chi connectivity index (χ4v) is 8.49. The lowest BCUT2D eigenvalue weighted by atomic mass is 9.98. The van der Waals surface area contributed by atoms with Gasteiger partial charge in [0.25, 0.3) is 0 Å². The Morgan fingerprint density at radius 3 is 2.00 bits per heavy atom. The summed E-state index contributed by atoms with van der Waals surface area (Å²) in [5.41, 5.74) is 9.97. The van der Waals surface area contributed by atoms with Gasteiger partial charge in [-0.05, 0) is 93.7 Å². The van der Waals surface area contributed by atoms with E-state index in [0.29, 0.717) is 0 Å². The molecule has 0 spiro atoms. The number of hydrogen-bond donors (Lipinski definition) is 0. The van der Waals surface area contributed by atoms with E-state index in [0.717, 1.165) is 44.4 Å². The van der Waals surface area contributed by atoms with Gasteiger partial charge in [-0.2, -0.15) is 0 Å². The Bertz CT molecular complexity index is 2840. The van der Waals surface area contributed by atoms with Crippen LogP contribution in [0.3, 0.4) is 0 Å². The van der Waals surface area contributed by atoms with Gasteiger partial charge < -0.3 is 9.32 Å². The number of para-hydroxylation sites is 1. The lowest BCUT2D eigenvalue weighted by Crippen LogP contribution is -2.10. The van der Waals surface area contributed by atoms with Crippen molar-refractivity contribution in [3.05, 3.63) is 176 Å². The first-order chi connectivity index (χ1) is 24.3. The summed E-state index contributed by atoms with van der Waals surface area (Å²) in [4.78, 5) is 2.42. The highest BCUT2D eigenvalue weighted by atomic mass is 32.1. The van der Waals surface area contributed by atoms with Crippen LogP contribution in [-0.4, -0.2) is 0 Å². The van der Waals surface area contributed by atoms with Gasteiger partial charge in [0.05, 0.1) is 5.69 Å². The fourth-order valence-electron chi connectivity index (χ4n) is 7.37. The standard InChI is InChI=1S/C46H29NOS/c1-2-14-36-30(10-1)11-8-17-37(36)31-22-25-34(26-23-31)47(41-18-9-21-45-46(41)39-16-4-6-20-44(39)49-45)35-13-7-12-32(28-35)33-24-27-43-40(29-33)38-15-3-5-19-42(38)48-43/h1-29H. The van der Waals surface area contributed by atoms with Crippen LogP contribution >= 0.6 is 11.3 Å². The van der Waals surface area contributed by atoms with E-state index in [-0.39, 0.29) is 0 Å². The van der Waals surface area contributed by atoms with Crippen molar-refractivity contribution in [2.24, 2.45) is 0 Å². The van der Waals surface area contributed by atoms with Gasteiger partial charge in [0.1, 0.15) is 11.2 Å². The molecule has 2 heterocycles. The van der Waals surface area contributed by atoms with E-state index in [1.807, 2.05) is 23.5 Å². The molecule has 3 heteroatoms. The Labute approximate surface area is 287 Å². The van der Waals surface area contributed by atoms with Crippen LogP contribution in [0.2, 0.25) is 0 Å². The summed E-state index contributed by atoms with van der Waals surface area (Å²) in [6, 6.07) is 63.4. The number of nitrogens with zero attached hydrogens (tertiary/aromatic N) is 1. The minimum atomic E-state index is 0.907. The average Bonchev–Trinajstić information content (AvgIpc) is 3.74. The van der Waals surface area contributed by atoms with Crippen molar-refractivity contribution < 1.29 is 4.42 Å². The van der Waals surface area contributed by atoms with Crippen molar-refractivity contribution in [1.29, 1.82) is 0 Å². The predicted molar refractivity (Wildman–Crippen MR) is 210 cm³/mol. The van der Waals surface area contributed by atoms with Crippen molar-refractivity contribution in [2.45, 2.75) is 0 Å². The van der Waals surface area contributed by atoms with Crippen LogP contribution in [0.15, 0.2) is 180 Å². The molecule has 230 valence electrons. The topological polar surface area (TPSA) is 16.4 Å². The third-order valence-electron chi connectivity index (χ3n) is 9.66. The second-order valence-electron chi connectivity index (χ2n) is 12.5. The molecular weight excluding hydrogens is 615 g/mol. The molecule has 0 radical (unpaired) electrons. The summed E-state index contributed by atoms with van der Waals surface area (Å²) in [5.74, 6) is 0. The Kier molecular flexibility index (Phi) is 6.39. The van der Waals surface area contributed by atoms with E-state index in [9.17, 15) is 0 Å². The first kappa shape index (κ1) is 27.9. The summed E-state index contributed by atoms with van der Waals surface area (Å²) in [6.45, 7) is 0. The molecule has 8 aromatic carbocycles. The largest absolute Gasteiger partial charge is 0.456 e. The van der Waals surface area contributed by atoms with Gasteiger partial charge in [-0.1, -0.05) is 115 Å². The van der Waals surface area contributed by atoms with Crippen LogP contribution < -0.4 is 4.90 Å². The maximum atomic E-state index is 6.15. The number of benzene rings is 8. The molecule has 0 aliphatic carbocycles. The molecule has 0 atom stereocenters. The van der Waals surface area contributed by atoms with Gasteiger partial charge in [-0.25, -0.2) is 0 Å².